The zero-order valence-corrected chi connectivity index (χ0v) is 11.2. The number of aliphatic hydroxyl groups is 1. The van der Waals surface area contributed by atoms with Crippen LogP contribution >= 0.6 is 0 Å². The molecule has 0 bridgehead atoms. The largest absolute Gasteiger partial charge is 0.388 e. The van der Waals surface area contributed by atoms with Crippen molar-refractivity contribution in [2.75, 3.05) is 19.6 Å². The Morgan fingerprint density at radius 3 is 2.74 bits per heavy atom. The van der Waals surface area contributed by atoms with Crippen molar-refractivity contribution in [2.45, 2.75) is 44.1 Å². The lowest BCUT2D eigenvalue weighted by atomic mass is 9.80. The summed E-state index contributed by atoms with van der Waals surface area (Å²) in [5.41, 5.74) is -0.689. The smallest absolute Gasteiger partial charge is 0.225 e. The quantitative estimate of drug-likeness (QED) is 0.751. The third-order valence-corrected chi connectivity index (χ3v) is 4.64. The molecule has 1 unspecified atom stereocenters. The van der Waals surface area contributed by atoms with Crippen LogP contribution in [0.25, 0.3) is 0 Å². The maximum absolute atomic E-state index is 12.0. The van der Waals surface area contributed by atoms with Crippen molar-refractivity contribution in [1.82, 2.24) is 10.2 Å². The highest BCUT2D eigenvalue weighted by molar-refractivity contribution is 5.89. The number of carbonyl (C=O) groups excluding carboxylic acids is 2. The van der Waals surface area contributed by atoms with Gasteiger partial charge in [-0.05, 0) is 38.0 Å². The fourth-order valence-corrected chi connectivity index (χ4v) is 2.89. The van der Waals surface area contributed by atoms with Gasteiger partial charge >= 0.3 is 0 Å². The van der Waals surface area contributed by atoms with Crippen LogP contribution in [0.1, 0.15) is 38.5 Å². The van der Waals surface area contributed by atoms with E-state index in [-0.39, 0.29) is 17.7 Å². The molecule has 2 saturated carbocycles. The number of hydrogen-bond acceptors (Lipinski definition) is 3. The third kappa shape index (κ3) is 2.91. The lowest BCUT2D eigenvalue weighted by molar-refractivity contribution is -0.129. The summed E-state index contributed by atoms with van der Waals surface area (Å²) in [5.74, 6) is 0.470. The Hall–Kier alpha value is -1.10. The van der Waals surface area contributed by atoms with Crippen molar-refractivity contribution in [2.24, 2.45) is 11.8 Å². The van der Waals surface area contributed by atoms with Crippen molar-refractivity contribution >= 4 is 11.8 Å². The van der Waals surface area contributed by atoms with E-state index in [1.807, 2.05) is 4.90 Å². The Bertz CT molecular complexity index is 388. The summed E-state index contributed by atoms with van der Waals surface area (Å²) >= 11 is 0. The number of hydrogen-bond donors (Lipinski definition) is 2. The Labute approximate surface area is 113 Å². The van der Waals surface area contributed by atoms with Gasteiger partial charge in [0.2, 0.25) is 11.8 Å². The normalized spacial score (nSPS) is 29.2. The SMILES string of the molecule is O=C(NCC1(O)CCC1)C1CC(=O)N(CC2CC2)C1. The zero-order chi connectivity index (χ0) is 13.5. The minimum Gasteiger partial charge on any atom is -0.388 e. The standard InChI is InChI=1S/C14H22N2O3/c17-12-6-11(8-16(12)7-10-2-3-10)13(18)15-9-14(19)4-1-5-14/h10-11,19H,1-9H2,(H,15,18). The number of likely N-dealkylation sites (tertiary alicyclic amines) is 1. The molecule has 1 heterocycles. The Morgan fingerprint density at radius 2 is 2.16 bits per heavy atom. The molecule has 0 aromatic rings. The van der Waals surface area contributed by atoms with Crippen LogP contribution in [-0.2, 0) is 9.59 Å². The number of rotatable bonds is 5. The van der Waals surface area contributed by atoms with E-state index in [1.54, 1.807) is 0 Å². The third-order valence-electron chi connectivity index (χ3n) is 4.64. The van der Waals surface area contributed by atoms with Gasteiger partial charge in [0, 0.05) is 26.1 Å². The van der Waals surface area contributed by atoms with Gasteiger partial charge in [-0.3, -0.25) is 9.59 Å². The summed E-state index contributed by atoms with van der Waals surface area (Å²) in [5, 5.41) is 12.8. The summed E-state index contributed by atoms with van der Waals surface area (Å²) < 4.78 is 0. The second-order valence-electron chi connectivity index (χ2n) is 6.44. The Balaban J connectivity index is 1.46. The zero-order valence-electron chi connectivity index (χ0n) is 11.2. The first-order chi connectivity index (χ1) is 9.06. The van der Waals surface area contributed by atoms with E-state index < -0.39 is 5.60 Å². The van der Waals surface area contributed by atoms with E-state index in [0.717, 1.165) is 25.8 Å². The van der Waals surface area contributed by atoms with E-state index in [4.69, 9.17) is 0 Å². The molecule has 0 radical (unpaired) electrons. The highest BCUT2D eigenvalue weighted by atomic mass is 16.3. The minimum atomic E-state index is -0.689. The number of amides is 2. The Kier molecular flexibility index (Phi) is 3.25. The molecular formula is C14H22N2O3. The van der Waals surface area contributed by atoms with Gasteiger partial charge in [-0.1, -0.05) is 0 Å². The lowest BCUT2D eigenvalue weighted by Crippen LogP contribution is -2.49. The summed E-state index contributed by atoms with van der Waals surface area (Å²) in [6.07, 6.45) is 5.33. The average molecular weight is 266 g/mol. The fraction of sp³-hybridized carbons (Fsp3) is 0.857. The van der Waals surface area contributed by atoms with Crippen LogP contribution in [0.5, 0.6) is 0 Å². The maximum atomic E-state index is 12.0. The van der Waals surface area contributed by atoms with Gasteiger partial charge in [-0.15, -0.1) is 0 Å². The van der Waals surface area contributed by atoms with E-state index in [1.165, 1.54) is 12.8 Å². The highest BCUT2D eigenvalue weighted by Crippen LogP contribution is 2.32. The molecule has 2 amide bonds. The van der Waals surface area contributed by atoms with Crippen molar-refractivity contribution in [3.8, 4) is 0 Å². The van der Waals surface area contributed by atoms with Crippen molar-refractivity contribution in [3.63, 3.8) is 0 Å². The molecule has 2 N–H and O–H groups in total. The van der Waals surface area contributed by atoms with Crippen molar-refractivity contribution in [1.29, 1.82) is 0 Å². The topological polar surface area (TPSA) is 69.6 Å². The van der Waals surface area contributed by atoms with Gasteiger partial charge in [0.1, 0.15) is 0 Å². The maximum Gasteiger partial charge on any atom is 0.225 e. The van der Waals surface area contributed by atoms with Gasteiger partial charge in [-0.2, -0.15) is 0 Å². The van der Waals surface area contributed by atoms with E-state index >= 15 is 0 Å². The first kappa shape index (κ1) is 12.9. The van der Waals surface area contributed by atoms with E-state index in [9.17, 15) is 14.7 Å². The van der Waals surface area contributed by atoms with Gasteiger partial charge < -0.3 is 15.3 Å². The molecule has 3 aliphatic rings. The van der Waals surface area contributed by atoms with Crippen LogP contribution in [0, 0.1) is 11.8 Å². The molecule has 0 aromatic heterocycles. The number of nitrogens with one attached hydrogen (secondary N) is 1. The molecule has 3 fully saturated rings. The average Bonchev–Trinajstić information content (AvgIpc) is 3.08. The molecule has 1 saturated heterocycles. The van der Waals surface area contributed by atoms with Crippen LogP contribution in [0.2, 0.25) is 0 Å². The summed E-state index contributed by atoms with van der Waals surface area (Å²) in [6.45, 7) is 1.71. The second-order valence-corrected chi connectivity index (χ2v) is 6.44. The van der Waals surface area contributed by atoms with Gasteiger partial charge in [0.15, 0.2) is 0 Å². The molecule has 2 aliphatic carbocycles. The first-order valence-electron chi connectivity index (χ1n) is 7.34. The molecule has 3 rings (SSSR count). The van der Waals surface area contributed by atoms with Crippen molar-refractivity contribution in [3.05, 3.63) is 0 Å². The van der Waals surface area contributed by atoms with Gasteiger partial charge in [0.05, 0.1) is 11.5 Å². The van der Waals surface area contributed by atoms with Crippen molar-refractivity contribution < 1.29 is 14.7 Å². The number of carbonyl (C=O) groups is 2. The summed E-state index contributed by atoms with van der Waals surface area (Å²) in [4.78, 5) is 25.7. The van der Waals surface area contributed by atoms with Crippen LogP contribution in [0.15, 0.2) is 0 Å². The predicted octanol–water partition coefficient (Wildman–Crippen LogP) is 0.276. The fourth-order valence-electron chi connectivity index (χ4n) is 2.89. The molecular weight excluding hydrogens is 244 g/mol. The molecule has 1 atom stereocenters. The predicted molar refractivity (Wildman–Crippen MR) is 69.2 cm³/mol. The van der Waals surface area contributed by atoms with E-state index in [0.29, 0.717) is 25.4 Å². The van der Waals surface area contributed by atoms with Gasteiger partial charge in [-0.25, -0.2) is 0 Å². The Morgan fingerprint density at radius 1 is 1.42 bits per heavy atom. The minimum absolute atomic E-state index is 0.0769. The second kappa shape index (κ2) is 4.78. The van der Waals surface area contributed by atoms with Gasteiger partial charge in [0.25, 0.3) is 0 Å². The highest BCUT2D eigenvalue weighted by Gasteiger charge is 2.39. The van der Waals surface area contributed by atoms with Crippen LogP contribution in [0.4, 0.5) is 0 Å². The molecule has 1 aliphatic heterocycles. The van der Waals surface area contributed by atoms with Crippen LogP contribution < -0.4 is 5.32 Å². The summed E-state index contributed by atoms with van der Waals surface area (Å²) in [6, 6.07) is 0. The van der Waals surface area contributed by atoms with E-state index in [2.05, 4.69) is 5.32 Å². The molecule has 19 heavy (non-hydrogen) atoms. The van der Waals surface area contributed by atoms with Crippen LogP contribution in [0.3, 0.4) is 0 Å². The monoisotopic (exact) mass is 266 g/mol. The van der Waals surface area contributed by atoms with Crippen LogP contribution in [-0.4, -0.2) is 47.1 Å². The molecule has 0 aromatic carbocycles. The lowest BCUT2D eigenvalue weighted by Gasteiger charge is -2.36. The molecule has 5 nitrogen and oxygen atoms in total. The molecule has 5 heteroatoms. The number of nitrogens with zero attached hydrogens (tertiary/aromatic N) is 1. The first-order valence-corrected chi connectivity index (χ1v) is 7.34. The summed E-state index contributed by atoms with van der Waals surface area (Å²) in [7, 11) is 0. The molecule has 0 spiro atoms. The molecule has 106 valence electrons.